The Morgan fingerprint density at radius 3 is 2.67 bits per heavy atom. The smallest absolute Gasteiger partial charge is 0.138 e. The maximum Gasteiger partial charge on any atom is 0.138 e. The van der Waals surface area contributed by atoms with Crippen LogP contribution >= 0.6 is 15.9 Å². The van der Waals surface area contributed by atoms with Gasteiger partial charge in [-0.05, 0) is 35.2 Å². The fourth-order valence-electron chi connectivity index (χ4n) is 1.60. The SMILES string of the molecule is Brc1cn[nH]c1N1CCCCC1. The number of nitrogens with one attached hydrogen (secondary N) is 1. The van der Waals surface area contributed by atoms with Gasteiger partial charge in [-0.1, -0.05) is 0 Å². The van der Waals surface area contributed by atoms with Crippen LogP contribution in [0.25, 0.3) is 0 Å². The number of aromatic amines is 1. The third-order valence-corrected chi connectivity index (χ3v) is 2.83. The third kappa shape index (κ3) is 1.48. The summed E-state index contributed by atoms with van der Waals surface area (Å²) in [6, 6.07) is 0. The van der Waals surface area contributed by atoms with Gasteiger partial charge in [0.05, 0.1) is 10.7 Å². The molecule has 3 nitrogen and oxygen atoms in total. The van der Waals surface area contributed by atoms with Crippen molar-refractivity contribution in [3.8, 4) is 0 Å². The average molecular weight is 230 g/mol. The van der Waals surface area contributed by atoms with E-state index >= 15 is 0 Å². The second-order valence-electron chi connectivity index (χ2n) is 3.11. The summed E-state index contributed by atoms with van der Waals surface area (Å²) in [4.78, 5) is 2.35. The van der Waals surface area contributed by atoms with E-state index in [1.165, 1.54) is 19.3 Å². The van der Waals surface area contributed by atoms with Crippen LogP contribution < -0.4 is 4.90 Å². The number of anilines is 1. The Balaban J connectivity index is 2.13. The summed E-state index contributed by atoms with van der Waals surface area (Å²) in [5, 5.41) is 6.99. The molecule has 0 unspecified atom stereocenters. The van der Waals surface area contributed by atoms with Gasteiger partial charge in [0.15, 0.2) is 0 Å². The van der Waals surface area contributed by atoms with E-state index in [0.717, 1.165) is 23.4 Å². The number of aromatic nitrogens is 2. The van der Waals surface area contributed by atoms with Crippen LogP contribution in [0.4, 0.5) is 5.82 Å². The molecule has 1 aromatic rings. The van der Waals surface area contributed by atoms with Gasteiger partial charge in [-0.15, -0.1) is 0 Å². The van der Waals surface area contributed by atoms with E-state index in [2.05, 4.69) is 31.0 Å². The first-order valence-corrected chi connectivity index (χ1v) is 5.11. The Morgan fingerprint density at radius 2 is 2.08 bits per heavy atom. The summed E-state index contributed by atoms with van der Waals surface area (Å²) >= 11 is 3.47. The van der Waals surface area contributed by atoms with Gasteiger partial charge in [0.25, 0.3) is 0 Å². The largest absolute Gasteiger partial charge is 0.356 e. The molecule has 0 aliphatic carbocycles. The predicted molar refractivity (Wildman–Crippen MR) is 52.4 cm³/mol. The van der Waals surface area contributed by atoms with E-state index in [4.69, 9.17) is 0 Å². The van der Waals surface area contributed by atoms with Crippen LogP contribution in [0.1, 0.15) is 19.3 Å². The number of hydrogen-bond acceptors (Lipinski definition) is 2. The fraction of sp³-hybridized carbons (Fsp3) is 0.625. The van der Waals surface area contributed by atoms with E-state index in [1.54, 1.807) is 0 Å². The Bertz CT molecular complexity index is 253. The molecule has 1 saturated heterocycles. The molecule has 0 bridgehead atoms. The molecule has 0 spiro atoms. The van der Waals surface area contributed by atoms with Gasteiger partial charge in [0.2, 0.25) is 0 Å². The number of hydrogen-bond donors (Lipinski definition) is 1. The molecule has 2 rings (SSSR count). The minimum Gasteiger partial charge on any atom is -0.356 e. The highest BCUT2D eigenvalue weighted by Gasteiger charge is 2.14. The van der Waals surface area contributed by atoms with Gasteiger partial charge in [-0.3, -0.25) is 5.10 Å². The predicted octanol–water partition coefficient (Wildman–Crippen LogP) is 2.16. The minimum atomic E-state index is 1.07. The molecule has 1 aliphatic heterocycles. The lowest BCUT2D eigenvalue weighted by Gasteiger charge is -2.27. The van der Waals surface area contributed by atoms with Crippen molar-refractivity contribution in [2.75, 3.05) is 18.0 Å². The number of halogens is 1. The second-order valence-corrected chi connectivity index (χ2v) is 3.97. The van der Waals surface area contributed by atoms with Crippen LogP contribution in [0.3, 0.4) is 0 Å². The van der Waals surface area contributed by atoms with Crippen molar-refractivity contribution in [1.29, 1.82) is 0 Å². The second kappa shape index (κ2) is 3.47. The highest BCUT2D eigenvalue weighted by atomic mass is 79.9. The highest BCUT2D eigenvalue weighted by Crippen LogP contribution is 2.25. The quantitative estimate of drug-likeness (QED) is 0.801. The molecular formula is C8H12BrN3. The molecule has 66 valence electrons. The van der Waals surface area contributed by atoms with Crippen molar-refractivity contribution in [3.63, 3.8) is 0 Å². The average Bonchev–Trinajstić information content (AvgIpc) is 2.53. The molecule has 0 saturated carbocycles. The molecule has 1 aromatic heterocycles. The molecule has 0 aromatic carbocycles. The Morgan fingerprint density at radius 1 is 1.33 bits per heavy atom. The monoisotopic (exact) mass is 229 g/mol. The molecule has 4 heteroatoms. The molecule has 0 radical (unpaired) electrons. The molecule has 0 atom stereocenters. The zero-order valence-electron chi connectivity index (χ0n) is 6.89. The van der Waals surface area contributed by atoms with Crippen LogP contribution in [0.5, 0.6) is 0 Å². The standard InChI is InChI=1S/C8H12BrN3/c9-7-6-10-11-8(7)12-4-2-1-3-5-12/h6H,1-5H2,(H,10,11). The van der Waals surface area contributed by atoms with E-state index in [-0.39, 0.29) is 0 Å². The van der Waals surface area contributed by atoms with Crippen LogP contribution in [0.15, 0.2) is 10.7 Å². The van der Waals surface area contributed by atoms with Gasteiger partial charge >= 0.3 is 0 Å². The summed E-state index contributed by atoms with van der Waals surface area (Å²) in [6.07, 6.45) is 5.77. The van der Waals surface area contributed by atoms with Crippen LogP contribution in [-0.4, -0.2) is 23.3 Å². The van der Waals surface area contributed by atoms with Gasteiger partial charge in [0, 0.05) is 13.1 Å². The summed E-state index contributed by atoms with van der Waals surface area (Å²) in [7, 11) is 0. The lowest BCUT2D eigenvalue weighted by atomic mass is 10.1. The normalized spacial score (nSPS) is 18.2. The first kappa shape index (κ1) is 8.10. The van der Waals surface area contributed by atoms with Gasteiger partial charge in [-0.2, -0.15) is 5.10 Å². The minimum absolute atomic E-state index is 1.07. The highest BCUT2D eigenvalue weighted by molar-refractivity contribution is 9.10. The van der Waals surface area contributed by atoms with Crippen molar-refractivity contribution < 1.29 is 0 Å². The van der Waals surface area contributed by atoms with Crippen LogP contribution in [0, 0.1) is 0 Å². The zero-order chi connectivity index (χ0) is 8.39. The zero-order valence-corrected chi connectivity index (χ0v) is 8.47. The summed E-state index contributed by atoms with van der Waals surface area (Å²) in [5.74, 6) is 1.13. The Labute approximate surface area is 80.3 Å². The lowest BCUT2D eigenvalue weighted by Crippen LogP contribution is -2.29. The molecule has 0 amide bonds. The van der Waals surface area contributed by atoms with Crippen molar-refractivity contribution in [1.82, 2.24) is 10.2 Å². The summed E-state index contributed by atoms with van der Waals surface area (Å²) in [6.45, 7) is 2.31. The first-order chi connectivity index (χ1) is 5.88. The summed E-state index contributed by atoms with van der Waals surface area (Å²) in [5.41, 5.74) is 0. The van der Waals surface area contributed by atoms with E-state index in [9.17, 15) is 0 Å². The number of H-pyrrole nitrogens is 1. The maximum atomic E-state index is 3.98. The van der Waals surface area contributed by atoms with Crippen LogP contribution in [-0.2, 0) is 0 Å². The molecule has 2 heterocycles. The summed E-state index contributed by atoms with van der Waals surface area (Å²) < 4.78 is 1.07. The van der Waals surface area contributed by atoms with Crippen LogP contribution in [0.2, 0.25) is 0 Å². The van der Waals surface area contributed by atoms with E-state index in [1.807, 2.05) is 6.20 Å². The Kier molecular flexibility index (Phi) is 2.35. The maximum absolute atomic E-state index is 3.98. The van der Waals surface area contributed by atoms with Crippen molar-refractivity contribution in [3.05, 3.63) is 10.7 Å². The molecular weight excluding hydrogens is 218 g/mol. The molecule has 1 fully saturated rings. The first-order valence-electron chi connectivity index (χ1n) is 4.32. The number of rotatable bonds is 1. The topological polar surface area (TPSA) is 31.9 Å². The Hall–Kier alpha value is -0.510. The third-order valence-electron chi connectivity index (χ3n) is 2.25. The van der Waals surface area contributed by atoms with Gasteiger partial charge in [-0.25, -0.2) is 0 Å². The van der Waals surface area contributed by atoms with Gasteiger partial charge in [0.1, 0.15) is 5.82 Å². The van der Waals surface area contributed by atoms with Crippen molar-refractivity contribution in [2.24, 2.45) is 0 Å². The lowest BCUT2D eigenvalue weighted by molar-refractivity contribution is 0.572. The number of nitrogens with zero attached hydrogens (tertiary/aromatic N) is 2. The van der Waals surface area contributed by atoms with Crippen molar-refractivity contribution in [2.45, 2.75) is 19.3 Å². The van der Waals surface area contributed by atoms with Gasteiger partial charge < -0.3 is 4.90 Å². The van der Waals surface area contributed by atoms with E-state index in [0.29, 0.717) is 0 Å². The molecule has 12 heavy (non-hydrogen) atoms. The molecule has 1 aliphatic rings. The molecule has 1 N–H and O–H groups in total. The fourth-order valence-corrected chi connectivity index (χ4v) is 2.05. The van der Waals surface area contributed by atoms with E-state index < -0.39 is 0 Å². The van der Waals surface area contributed by atoms with Crippen molar-refractivity contribution >= 4 is 21.7 Å². The number of piperidine rings is 1.